The molecule has 2 aliphatic rings. The molecular weight excluding hydrogens is 439 g/mol. The van der Waals surface area contributed by atoms with Gasteiger partial charge in [0, 0.05) is 24.8 Å². The highest BCUT2D eigenvalue weighted by Gasteiger charge is 2.34. The Morgan fingerprint density at radius 1 is 1.34 bits per heavy atom. The molecule has 0 unspecified atom stereocenters. The largest absolute Gasteiger partial charge is 0.431 e. The molecule has 12 heteroatoms. The lowest BCUT2D eigenvalue weighted by Crippen LogP contribution is -2.33. The Balaban J connectivity index is 1.63. The van der Waals surface area contributed by atoms with Crippen molar-refractivity contribution in [2.24, 2.45) is 5.92 Å². The van der Waals surface area contributed by atoms with Crippen LogP contribution in [0.25, 0.3) is 22.6 Å². The van der Waals surface area contributed by atoms with E-state index in [1.165, 1.54) is 24.6 Å². The number of halogens is 2. The van der Waals surface area contributed by atoms with E-state index in [1.54, 1.807) is 0 Å². The van der Waals surface area contributed by atoms with Gasteiger partial charge in [0.2, 0.25) is 0 Å². The fraction of sp³-hybridized carbons (Fsp3) is 0.500. The number of anilines is 2. The first-order chi connectivity index (χ1) is 15.3. The van der Waals surface area contributed by atoms with Gasteiger partial charge in [-0.1, -0.05) is 0 Å². The fourth-order valence-corrected chi connectivity index (χ4v) is 4.87. The number of aromatic nitrogens is 5. The molecule has 1 fully saturated rings. The molecule has 32 heavy (non-hydrogen) atoms. The molecule has 0 bridgehead atoms. The topological polar surface area (TPSA) is 113 Å². The normalized spacial score (nSPS) is 20.3. The minimum absolute atomic E-state index is 0.125. The maximum absolute atomic E-state index is 12.8. The van der Waals surface area contributed by atoms with Crippen LogP contribution in [0.1, 0.15) is 19.7 Å². The Morgan fingerprint density at radius 2 is 2.16 bits per heavy atom. The van der Waals surface area contributed by atoms with Crippen LogP contribution in [0, 0.1) is 5.92 Å². The first kappa shape index (κ1) is 21.2. The van der Waals surface area contributed by atoms with Crippen LogP contribution in [-0.4, -0.2) is 56.6 Å². The Kier molecular flexibility index (Phi) is 5.33. The molecule has 0 aromatic carbocycles. The van der Waals surface area contributed by atoms with Crippen LogP contribution in [0.4, 0.5) is 20.4 Å². The van der Waals surface area contributed by atoms with Crippen molar-refractivity contribution in [3.05, 3.63) is 18.1 Å². The Labute approximate surface area is 184 Å². The van der Waals surface area contributed by atoms with Crippen LogP contribution in [-0.2, 0) is 16.9 Å². The molecule has 3 aromatic heterocycles. The summed E-state index contributed by atoms with van der Waals surface area (Å²) >= 11 is 0. The van der Waals surface area contributed by atoms with Crippen molar-refractivity contribution in [3.63, 3.8) is 0 Å². The molecule has 0 aliphatic carbocycles. The van der Waals surface area contributed by atoms with E-state index in [-0.39, 0.29) is 11.6 Å². The number of rotatable bonds is 6. The smallest absolute Gasteiger partial charge is 0.387 e. The summed E-state index contributed by atoms with van der Waals surface area (Å²) in [6, 6.07) is 1.38. The highest BCUT2D eigenvalue weighted by Crippen LogP contribution is 2.36. The first-order valence-corrected chi connectivity index (χ1v) is 11.8. The van der Waals surface area contributed by atoms with Crippen molar-refractivity contribution in [2.75, 3.05) is 36.5 Å². The van der Waals surface area contributed by atoms with Gasteiger partial charge in [0.15, 0.2) is 34.4 Å². The van der Waals surface area contributed by atoms with Crippen molar-refractivity contribution >= 4 is 31.4 Å². The van der Waals surface area contributed by atoms with E-state index >= 15 is 0 Å². The Hall–Kier alpha value is -2.65. The number of alkyl halides is 2. The number of hydrogen-bond donors (Lipinski definition) is 2. The number of nitrogens with one attached hydrogen (secondary N) is 1. The fourth-order valence-electron chi connectivity index (χ4n) is 3.88. The van der Waals surface area contributed by atoms with E-state index in [1.807, 2.05) is 18.4 Å². The molecule has 2 aliphatic heterocycles. The van der Waals surface area contributed by atoms with E-state index in [0.717, 1.165) is 20.9 Å². The van der Waals surface area contributed by atoms with Gasteiger partial charge in [-0.15, -0.1) is 8.58 Å². The standard InChI is InChI=1S/C20H24F2N7O2P/c1-20(2)18-26-13-16(25-6-10-8-32-9-10)27-15(28-17(13)29(18)3-4-30-20)11-5-12(31-19(21)22)14(23)24-7-11/h5,7,10,19,32H,3-4,6,8-9H2,1-2H3,(H2,23,24)(H,25,27,28). The van der Waals surface area contributed by atoms with E-state index in [9.17, 15) is 8.78 Å². The Morgan fingerprint density at radius 3 is 2.88 bits per heavy atom. The van der Waals surface area contributed by atoms with Gasteiger partial charge in [-0.25, -0.2) is 19.9 Å². The quantitative estimate of drug-likeness (QED) is 0.537. The van der Waals surface area contributed by atoms with E-state index in [2.05, 4.69) is 20.0 Å². The average Bonchev–Trinajstić information content (AvgIpc) is 3.08. The summed E-state index contributed by atoms with van der Waals surface area (Å²) < 4.78 is 38.0. The van der Waals surface area contributed by atoms with Crippen LogP contribution in [0.15, 0.2) is 12.3 Å². The summed E-state index contributed by atoms with van der Waals surface area (Å²) in [5.41, 5.74) is 6.88. The number of nitrogen functional groups attached to an aromatic ring is 1. The summed E-state index contributed by atoms with van der Waals surface area (Å²) in [7, 11) is 1.02. The summed E-state index contributed by atoms with van der Waals surface area (Å²) in [6.45, 7) is 2.86. The first-order valence-electron chi connectivity index (χ1n) is 10.4. The van der Waals surface area contributed by atoms with Gasteiger partial charge in [-0.05, 0) is 38.2 Å². The third-order valence-corrected chi connectivity index (χ3v) is 7.42. The molecule has 170 valence electrons. The molecule has 0 atom stereocenters. The maximum atomic E-state index is 12.8. The number of nitrogens with two attached hydrogens (primary N) is 1. The van der Waals surface area contributed by atoms with Crippen molar-refractivity contribution < 1.29 is 18.3 Å². The maximum Gasteiger partial charge on any atom is 0.387 e. The van der Waals surface area contributed by atoms with Crippen LogP contribution in [0.5, 0.6) is 5.75 Å². The zero-order valence-corrected chi connectivity index (χ0v) is 18.7. The second-order valence-electron chi connectivity index (χ2n) is 8.40. The van der Waals surface area contributed by atoms with Crippen molar-refractivity contribution in [3.8, 4) is 17.1 Å². The molecular formula is C20H24F2N7O2P. The zero-order valence-electron chi connectivity index (χ0n) is 17.7. The second kappa shape index (κ2) is 8.04. The number of hydrogen-bond acceptors (Lipinski definition) is 8. The molecule has 0 spiro atoms. The van der Waals surface area contributed by atoms with Gasteiger partial charge in [-0.3, -0.25) is 0 Å². The van der Waals surface area contributed by atoms with Crippen LogP contribution < -0.4 is 15.8 Å². The number of imidazole rings is 1. The van der Waals surface area contributed by atoms with Gasteiger partial charge in [0.25, 0.3) is 0 Å². The molecule has 0 saturated carbocycles. The molecule has 3 aromatic rings. The van der Waals surface area contributed by atoms with Gasteiger partial charge >= 0.3 is 6.61 Å². The third-order valence-electron chi connectivity index (χ3n) is 5.69. The lowest BCUT2D eigenvalue weighted by atomic mass is 10.1. The minimum Gasteiger partial charge on any atom is -0.431 e. The third kappa shape index (κ3) is 3.84. The SMILES string of the molecule is CC1(C)OCCn2c1nc1c(NCC3CPC3)nc(-c3cnc(N)c(OC(F)F)c3)nc12. The molecule has 3 N–H and O–H groups in total. The molecule has 0 radical (unpaired) electrons. The number of nitrogens with zero attached hydrogens (tertiary/aromatic N) is 5. The molecule has 5 rings (SSSR count). The van der Waals surface area contributed by atoms with Crippen LogP contribution >= 0.6 is 8.58 Å². The van der Waals surface area contributed by atoms with Gasteiger partial charge in [-0.2, -0.15) is 8.78 Å². The van der Waals surface area contributed by atoms with Gasteiger partial charge < -0.3 is 25.1 Å². The predicted octanol–water partition coefficient (Wildman–Crippen LogP) is 3.06. The summed E-state index contributed by atoms with van der Waals surface area (Å²) in [5.74, 6) is 1.98. The molecule has 0 amide bonds. The van der Waals surface area contributed by atoms with Crippen molar-refractivity contribution in [1.82, 2.24) is 24.5 Å². The average molecular weight is 463 g/mol. The lowest BCUT2D eigenvalue weighted by Gasteiger charge is -2.30. The second-order valence-corrected chi connectivity index (χ2v) is 9.72. The van der Waals surface area contributed by atoms with Crippen molar-refractivity contribution in [2.45, 2.75) is 32.6 Å². The van der Waals surface area contributed by atoms with E-state index in [4.69, 9.17) is 20.4 Å². The van der Waals surface area contributed by atoms with E-state index < -0.39 is 12.2 Å². The summed E-state index contributed by atoms with van der Waals surface area (Å²) in [6.07, 6.45) is 3.88. The lowest BCUT2D eigenvalue weighted by molar-refractivity contribution is -0.0531. The molecule has 5 heterocycles. The minimum atomic E-state index is -3.01. The van der Waals surface area contributed by atoms with Crippen LogP contribution in [0.3, 0.4) is 0 Å². The van der Waals surface area contributed by atoms with Gasteiger partial charge in [0.1, 0.15) is 11.4 Å². The van der Waals surface area contributed by atoms with Gasteiger partial charge in [0.05, 0.1) is 6.61 Å². The number of ether oxygens (including phenoxy) is 2. The highest BCUT2D eigenvalue weighted by molar-refractivity contribution is 7.39. The highest BCUT2D eigenvalue weighted by atomic mass is 31.1. The van der Waals surface area contributed by atoms with Crippen LogP contribution in [0.2, 0.25) is 0 Å². The summed E-state index contributed by atoms with van der Waals surface area (Å²) in [5, 5.41) is 3.43. The Bertz CT molecular complexity index is 1170. The predicted molar refractivity (Wildman–Crippen MR) is 119 cm³/mol. The number of fused-ring (bicyclic) bond motifs is 3. The number of pyridine rings is 1. The molecule has 9 nitrogen and oxygen atoms in total. The summed E-state index contributed by atoms with van der Waals surface area (Å²) in [4.78, 5) is 18.2. The van der Waals surface area contributed by atoms with E-state index in [0.29, 0.717) is 47.4 Å². The zero-order chi connectivity index (χ0) is 22.5. The monoisotopic (exact) mass is 463 g/mol. The van der Waals surface area contributed by atoms with Crippen molar-refractivity contribution in [1.29, 1.82) is 0 Å². The molecule has 1 saturated heterocycles.